The standard InChI is InChI=1S/C24H36O3S.H2O/c25-28(26,27)24-22(19-12-6-2-7-13-19)16-21(18-10-4-1-5-11-18)17-23(24)20-14-8-3-9-15-20;/h16-20H,1-15H2,(H,25,26,27);1H2. The van der Waals surface area contributed by atoms with Crippen molar-refractivity contribution in [1.82, 2.24) is 0 Å². The second kappa shape index (κ2) is 9.93. The minimum atomic E-state index is -4.21. The molecule has 1 aromatic rings. The highest BCUT2D eigenvalue weighted by Gasteiger charge is 2.32. The average Bonchev–Trinajstić information content (AvgIpc) is 2.74. The van der Waals surface area contributed by atoms with E-state index >= 15 is 0 Å². The predicted octanol–water partition coefficient (Wildman–Crippen LogP) is 6.25. The van der Waals surface area contributed by atoms with Gasteiger partial charge in [-0.2, -0.15) is 8.42 Å². The molecule has 0 aromatic heterocycles. The molecule has 0 saturated heterocycles. The summed E-state index contributed by atoms with van der Waals surface area (Å²) in [7, 11) is -4.21. The van der Waals surface area contributed by atoms with Crippen molar-refractivity contribution in [3.8, 4) is 0 Å². The van der Waals surface area contributed by atoms with Gasteiger partial charge >= 0.3 is 0 Å². The van der Waals surface area contributed by atoms with Gasteiger partial charge in [0.15, 0.2) is 0 Å². The van der Waals surface area contributed by atoms with E-state index < -0.39 is 10.1 Å². The lowest BCUT2D eigenvalue weighted by molar-refractivity contribution is 0.413. The van der Waals surface area contributed by atoms with Gasteiger partial charge in [-0.1, -0.05) is 69.9 Å². The van der Waals surface area contributed by atoms with Crippen molar-refractivity contribution in [3.05, 3.63) is 28.8 Å². The lowest BCUT2D eigenvalue weighted by Gasteiger charge is -2.31. The van der Waals surface area contributed by atoms with Crippen LogP contribution in [0.5, 0.6) is 0 Å². The minimum absolute atomic E-state index is 0. The van der Waals surface area contributed by atoms with Gasteiger partial charge in [-0.15, -0.1) is 0 Å². The van der Waals surface area contributed by atoms with E-state index in [1.54, 1.807) is 0 Å². The molecule has 0 unspecified atom stereocenters. The highest BCUT2D eigenvalue weighted by molar-refractivity contribution is 7.86. The van der Waals surface area contributed by atoms with Crippen LogP contribution in [-0.4, -0.2) is 18.4 Å². The van der Waals surface area contributed by atoms with Crippen LogP contribution in [0, 0.1) is 0 Å². The molecule has 0 heterocycles. The van der Waals surface area contributed by atoms with E-state index in [-0.39, 0.29) is 17.3 Å². The lowest BCUT2D eigenvalue weighted by atomic mass is 9.76. The van der Waals surface area contributed by atoms with Crippen LogP contribution in [0.2, 0.25) is 0 Å². The highest BCUT2D eigenvalue weighted by atomic mass is 32.2. The maximum Gasteiger partial charge on any atom is 0.295 e. The van der Waals surface area contributed by atoms with Gasteiger partial charge in [-0.05, 0) is 73.0 Å². The van der Waals surface area contributed by atoms with E-state index in [0.717, 1.165) is 36.8 Å². The van der Waals surface area contributed by atoms with Gasteiger partial charge in [0.1, 0.15) is 4.90 Å². The summed E-state index contributed by atoms with van der Waals surface area (Å²) in [4.78, 5) is 0.297. The fourth-order valence-electron chi connectivity index (χ4n) is 6.10. The molecule has 0 radical (unpaired) electrons. The Kier molecular flexibility index (Phi) is 7.80. The minimum Gasteiger partial charge on any atom is -0.412 e. The van der Waals surface area contributed by atoms with Crippen molar-refractivity contribution in [2.24, 2.45) is 0 Å². The van der Waals surface area contributed by atoms with E-state index in [0.29, 0.717) is 10.8 Å². The largest absolute Gasteiger partial charge is 0.412 e. The number of benzene rings is 1. The molecule has 4 rings (SSSR count). The van der Waals surface area contributed by atoms with E-state index in [9.17, 15) is 13.0 Å². The predicted molar refractivity (Wildman–Crippen MR) is 117 cm³/mol. The first-order valence-electron chi connectivity index (χ1n) is 11.7. The molecular formula is C24H38O4S. The molecule has 3 aliphatic carbocycles. The summed E-state index contributed by atoms with van der Waals surface area (Å²) in [6.45, 7) is 0. The summed E-state index contributed by atoms with van der Waals surface area (Å²) in [5.41, 5.74) is 3.25. The number of hydrogen-bond donors (Lipinski definition) is 1. The van der Waals surface area contributed by atoms with E-state index in [2.05, 4.69) is 12.1 Å². The van der Waals surface area contributed by atoms with Gasteiger partial charge in [0, 0.05) is 0 Å². The van der Waals surface area contributed by atoms with Crippen LogP contribution >= 0.6 is 0 Å². The third-order valence-corrected chi connectivity index (χ3v) is 8.58. The average molecular weight is 423 g/mol. The highest BCUT2D eigenvalue weighted by Crippen LogP contribution is 2.45. The molecule has 0 atom stereocenters. The van der Waals surface area contributed by atoms with Crippen LogP contribution in [0.15, 0.2) is 17.0 Å². The zero-order valence-corrected chi connectivity index (χ0v) is 18.5. The molecule has 4 nitrogen and oxygen atoms in total. The topological polar surface area (TPSA) is 85.9 Å². The third-order valence-electron chi connectivity index (χ3n) is 7.59. The molecule has 5 heteroatoms. The van der Waals surface area contributed by atoms with E-state index in [1.807, 2.05) is 0 Å². The van der Waals surface area contributed by atoms with Crippen LogP contribution in [-0.2, 0) is 10.1 Å². The molecular weight excluding hydrogens is 384 g/mol. The molecule has 3 saturated carbocycles. The van der Waals surface area contributed by atoms with Gasteiger partial charge in [0.25, 0.3) is 10.1 Å². The Bertz CT molecular complexity index is 729. The van der Waals surface area contributed by atoms with Gasteiger partial charge in [0.05, 0.1) is 0 Å². The Balaban J connectivity index is 0.00000240. The summed E-state index contributed by atoms with van der Waals surface area (Å²) in [6.07, 6.45) is 17.7. The summed E-state index contributed by atoms with van der Waals surface area (Å²) in [5.74, 6) is 1.14. The first-order valence-corrected chi connectivity index (χ1v) is 13.1. The fraction of sp³-hybridized carbons (Fsp3) is 0.750. The lowest BCUT2D eigenvalue weighted by Crippen LogP contribution is -2.18. The van der Waals surface area contributed by atoms with Gasteiger partial charge < -0.3 is 5.48 Å². The normalized spacial score (nSPS) is 22.9. The van der Waals surface area contributed by atoms with Crippen molar-refractivity contribution in [2.75, 3.05) is 0 Å². The monoisotopic (exact) mass is 422 g/mol. The van der Waals surface area contributed by atoms with Crippen LogP contribution in [0.1, 0.15) is 131 Å². The summed E-state index contributed by atoms with van der Waals surface area (Å²) >= 11 is 0. The van der Waals surface area contributed by atoms with Crippen molar-refractivity contribution in [1.29, 1.82) is 0 Å². The van der Waals surface area contributed by atoms with Crippen LogP contribution in [0.3, 0.4) is 0 Å². The van der Waals surface area contributed by atoms with Crippen LogP contribution < -0.4 is 0 Å². The zero-order chi connectivity index (χ0) is 19.6. The van der Waals surface area contributed by atoms with E-state index in [1.165, 1.54) is 76.2 Å². The summed E-state index contributed by atoms with van der Waals surface area (Å²) in [6, 6.07) is 4.39. The third kappa shape index (κ3) is 5.23. The molecule has 0 amide bonds. The molecule has 0 bridgehead atoms. The maximum atomic E-state index is 12.6. The fourth-order valence-corrected chi connectivity index (χ4v) is 7.15. The van der Waals surface area contributed by atoms with E-state index in [4.69, 9.17) is 0 Å². The molecule has 3 aliphatic rings. The molecule has 3 fully saturated rings. The SMILES string of the molecule is O.O=S(=O)(O)c1c(C2CCCCC2)cc(C2CCCCC2)cc1C1CCCCC1. The quantitative estimate of drug-likeness (QED) is 0.582. The Morgan fingerprint density at radius 2 is 0.966 bits per heavy atom. The summed E-state index contributed by atoms with van der Waals surface area (Å²) < 4.78 is 35.5. The Morgan fingerprint density at radius 3 is 1.31 bits per heavy atom. The first kappa shape index (κ1) is 22.8. The van der Waals surface area contributed by atoms with Crippen molar-refractivity contribution in [3.63, 3.8) is 0 Å². The molecule has 29 heavy (non-hydrogen) atoms. The van der Waals surface area contributed by atoms with Crippen molar-refractivity contribution in [2.45, 2.75) is 119 Å². The van der Waals surface area contributed by atoms with Crippen molar-refractivity contribution >= 4 is 10.1 Å². The van der Waals surface area contributed by atoms with Crippen LogP contribution in [0.25, 0.3) is 0 Å². The zero-order valence-electron chi connectivity index (χ0n) is 17.7. The van der Waals surface area contributed by atoms with Crippen molar-refractivity contribution < 1.29 is 18.4 Å². The van der Waals surface area contributed by atoms with Crippen LogP contribution in [0.4, 0.5) is 0 Å². The molecule has 0 spiro atoms. The maximum absolute atomic E-state index is 12.6. The number of rotatable bonds is 4. The molecule has 3 N–H and O–H groups in total. The molecule has 0 aliphatic heterocycles. The first-order chi connectivity index (χ1) is 13.5. The van der Waals surface area contributed by atoms with Gasteiger partial charge in [-0.3, -0.25) is 4.55 Å². The van der Waals surface area contributed by atoms with Gasteiger partial charge in [0.2, 0.25) is 0 Å². The second-order valence-electron chi connectivity index (χ2n) is 9.51. The van der Waals surface area contributed by atoms with Gasteiger partial charge in [-0.25, -0.2) is 0 Å². The Hall–Kier alpha value is -0.910. The smallest absolute Gasteiger partial charge is 0.295 e. The molecule has 1 aromatic carbocycles. The Morgan fingerprint density at radius 1 is 0.621 bits per heavy atom. The second-order valence-corrected chi connectivity index (χ2v) is 10.9. The summed E-state index contributed by atoms with van der Waals surface area (Å²) in [5, 5.41) is 0. The number of hydrogen-bond acceptors (Lipinski definition) is 2. The Labute approximate surface area is 176 Å². The molecule has 164 valence electrons.